The third-order valence-electron chi connectivity index (χ3n) is 5.62. The summed E-state index contributed by atoms with van der Waals surface area (Å²) in [5, 5.41) is 9.73. The van der Waals surface area contributed by atoms with E-state index in [0.29, 0.717) is 36.0 Å². The highest BCUT2D eigenvalue weighted by atomic mass is 32.1. The van der Waals surface area contributed by atoms with Gasteiger partial charge in [0.2, 0.25) is 0 Å². The molecule has 0 radical (unpaired) electrons. The SMILES string of the molecule is CCCOc1nc2cccc(C(=O)O)c2n1Cc1ccc(-c2ccccc2-c2nc(=O)s[nH]2)cc1. The third kappa shape index (κ3) is 4.45. The molecule has 176 valence electrons. The Morgan fingerprint density at radius 3 is 2.49 bits per heavy atom. The normalized spacial score (nSPS) is 11.1. The number of carbonyl (C=O) groups is 1. The van der Waals surface area contributed by atoms with E-state index in [9.17, 15) is 14.7 Å². The van der Waals surface area contributed by atoms with Gasteiger partial charge in [0, 0.05) is 17.1 Å². The summed E-state index contributed by atoms with van der Waals surface area (Å²) in [6.07, 6.45) is 0.813. The molecule has 0 bridgehead atoms. The topological polar surface area (TPSA) is 110 Å². The molecule has 5 rings (SSSR count). The smallest absolute Gasteiger partial charge is 0.344 e. The van der Waals surface area contributed by atoms with E-state index in [1.807, 2.05) is 60.0 Å². The maximum Gasteiger partial charge on any atom is 0.344 e. The van der Waals surface area contributed by atoms with Gasteiger partial charge in [0.15, 0.2) is 5.82 Å². The molecule has 0 atom stereocenters. The minimum absolute atomic E-state index is 0.184. The molecular weight excluding hydrogens is 464 g/mol. The van der Waals surface area contributed by atoms with Crippen LogP contribution in [0.3, 0.4) is 0 Å². The van der Waals surface area contributed by atoms with Gasteiger partial charge in [0.25, 0.3) is 6.01 Å². The van der Waals surface area contributed by atoms with Crippen LogP contribution in [0.1, 0.15) is 29.3 Å². The zero-order valence-electron chi connectivity index (χ0n) is 18.9. The molecule has 0 saturated heterocycles. The van der Waals surface area contributed by atoms with Gasteiger partial charge in [0.1, 0.15) is 0 Å². The van der Waals surface area contributed by atoms with Crippen LogP contribution in [0.25, 0.3) is 33.5 Å². The molecule has 8 nitrogen and oxygen atoms in total. The molecule has 0 saturated carbocycles. The van der Waals surface area contributed by atoms with Crippen molar-refractivity contribution in [3.05, 3.63) is 87.5 Å². The molecule has 2 heterocycles. The minimum Gasteiger partial charge on any atom is -0.478 e. The Labute approximate surface area is 204 Å². The van der Waals surface area contributed by atoms with E-state index in [1.165, 1.54) is 0 Å². The molecule has 2 aromatic heterocycles. The highest BCUT2D eigenvalue weighted by molar-refractivity contribution is 7.03. The number of nitrogens with zero attached hydrogens (tertiary/aromatic N) is 3. The Morgan fingerprint density at radius 1 is 1.03 bits per heavy atom. The predicted octanol–water partition coefficient (Wildman–Crippen LogP) is 5.05. The third-order valence-corrected chi connectivity index (χ3v) is 6.18. The van der Waals surface area contributed by atoms with Crippen LogP contribution in [0.5, 0.6) is 6.01 Å². The van der Waals surface area contributed by atoms with Crippen molar-refractivity contribution in [2.24, 2.45) is 0 Å². The summed E-state index contributed by atoms with van der Waals surface area (Å²) >= 11 is 0.965. The van der Waals surface area contributed by atoms with E-state index in [2.05, 4.69) is 14.3 Å². The monoisotopic (exact) mass is 486 g/mol. The van der Waals surface area contributed by atoms with Crippen molar-refractivity contribution < 1.29 is 14.6 Å². The van der Waals surface area contributed by atoms with Crippen LogP contribution in [0.2, 0.25) is 0 Å². The van der Waals surface area contributed by atoms with Crippen molar-refractivity contribution in [3.63, 3.8) is 0 Å². The van der Waals surface area contributed by atoms with Gasteiger partial charge in [-0.3, -0.25) is 13.7 Å². The lowest BCUT2D eigenvalue weighted by Gasteiger charge is -2.12. The maximum atomic E-state index is 11.9. The lowest BCUT2D eigenvalue weighted by atomic mass is 9.98. The number of aromatic carboxylic acids is 1. The first-order valence-corrected chi connectivity index (χ1v) is 12.0. The van der Waals surface area contributed by atoms with E-state index >= 15 is 0 Å². The number of nitrogens with one attached hydrogen (secondary N) is 1. The molecule has 2 N–H and O–H groups in total. The highest BCUT2D eigenvalue weighted by Gasteiger charge is 2.19. The number of para-hydroxylation sites is 1. The van der Waals surface area contributed by atoms with Crippen molar-refractivity contribution in [2.75, 3.05) is 6.61 Å². The molecule has 0 spiro atoms. The second-order valence-corrected chi connectivity index (χ2v) is 8.74. The molecule has 0 aliphatic carbocycles. The number of imidazole rings is 1. The molecule has 0 fully saturated rings. The summed E-state index contributed by atoms with van der Waals surface area (Å²) in [5.41, 5.74) is 5.04. The fourth-order valence-corrected chi connectivity index (χ4v) is 4.52. The summed E-state index contributed by atoms with van der Waals surface area (Å²) in [6, 6.07) is 21.2. The number of hydrogen-bond donors (Lipinski definition) is 2. The molecule has 9 heteroatoms. The van der Waals surface area contributed by atoms with Crippen molar-refractivity contribution in [3.8, 4) is 28.5 Å². The van der Waals surface area contributed by atoms with Gasteiger partial charge < -0.3 is 9.84 Å². The predicted molar refractivity (Wildman–Crippen MR) is 135 cm³/mol. The van der Waals surface area contributed by atoms with Gasteiger partial charge in [-0.05, 0) is 35.2 Å². The van der Waals surface area contributed by atoms with Gasteiger partial charge in [0.05, 0.1) is 29.7 Å². The second kappa shape index (κ2) is 9.55. The zero-order chi connectivity index (χ0) is 24.4. The maximum absolute atomic E-state index is 11.9. The van der Waals surface area contributed by atoms with Gasteiger partial charge in [-0.25, -0.2) is 4.79 Å². The second-order valence-electron chi connectivity index (χ2n) is 7.98. The van der Waals surface area contributed by atoms with Crippen molar-refractivity contribution in [1.82, 2.24) is 18.9 Å². The highest BCUT2D eigenvalue weighted by Crippen LogP contribution is 2.31. The van der Waals surface area contributed by atoms with Crippen LogP contribution < -0.4 is 9.61 Å². The summed E-state index contributed by atoms with van der Waals surface area (Å²) in [4.78, 5) is 31.8. The van der Waals surface area contributed by atoms with Gasteiger partial charge in [-0.15, -0.1) is 0 Å². The Kier molecular flexibility index (Phi) is 6.15. The largest absolute Gasteiger partial charge is 0.478 e. The molecule has 35 heavy (non-hydrogen) atoms. The average Bonchev–Trinajstić information content (AvgIpc) is 3.46. The summed E-state index contributed by atoms with van der Waals surface area (Å²) in [6.45, 7) is 2.90. The number of aromatic amines is 1. The summed E-state index contributed by atoms with van der Waals surface area (Å²) in [5.74, 6) is -0.464. The Balaban J connectivity index is 1.52. The number of H-pyrrole nitrogens is 1. The van der Waals surface area contributed by atoms with E-state index in [1.54, 1.807) is 18.2 Å². The van der Waals surface area contributed by atoms with E-state index in [-0.39, 0.29) is 10.4 Å². The van der Waals surface area contributed by atoms with Gasteiger partial charge in [-0.2, -0.15) is 9.97 Å². The number of carboxylic acid groups (broad SMARTS) is 1. The Hall–Kier alpha value is -4.24. The summed E-state index contributed by atoms with van der Waals surface area (Å²) < 4.78 is 10.7. The average molecular weight is 487 g/mol. The Morgan fingerprint density at radius 2 is 1.80 bits per heavy atom. The number of carboxylic acids is 1. The van der Waals surface area contributed by atoms with Crippen LogP contribution in [0, 0.1) is 0 Å². The van der Waals surface area contributed by atoms with Crippen molar-refractivity contribution >= 4 is 28.5 Å². The van der Waals surface area contributed by atoms with Crippen molar-refractivity contribution in [1.29, 1.82) is 0 Å². The molecule has 0 aliphatic rings. The van der Waals surface area contributed by atoms with Crippen LogP contribution in [0.4, 0.5) is 0 Å². The van der Waals surface area contributed by atoms with Gasteiger partial charge in [-0.1, -0.05) is 61.5 Å². The minimum atomic E-state index is -1.01. The number of ether oxygens (including phenoxy) is 1. The number of fused-ring (bicyclic) bond motifs is 1. The quantitative estimate of drug-likeness (QED) is 0.318. The zero-order valence-corrected chi connectivity index (χ0v) is 19.7. The molecule has 0 amide bonds. The first-order chi connectivity index (χ1) is 17.0. The first kappa shape index (κ1) is 22.5. The number of benzene rings is 3. The fraction of sp³-hybridized carbons (Fsp3) is 0.154. The van der Waals surface area contributed by atoms with E-state index in [0.717, 1.165) is 40.2 Å². The van der Waals surface area contributed by atoms with Crippen molar-refractivity contribution in [2.45, 2.75) is 19.9 Å². The number of rotatable bonds is 8. The van der Waals surface area contributed by atoms with Gasteiger partial charge >= 0.3 is 10.8 Å². The van der Waals surface area contributed by atoms with E-state index < -0.39 is 5.97 Å². The fourth-order valence-electron chi connectivity index (χ4n) is 4.04. The lowest BCUT2D eigenvalue weighted by molar-refractivity contribution is 0.0698. The number of hydrogen-bond acceptors (Lipinski definition) is 6. The molecule has 0 aliphatic heterocycles. The van der Waals surface area contributed by atoms with Crippen LogP contribution in [0.15, 0.2) is 71.5 Å². The standard InChI is InChI=1S/C26H22N4O4S/c1-2-14-34-25-27-21-9-5-8-20(24(31)32)22(21)30(25)15-16-10-12-17(13-11-16)18-6-3-4-7-19(18)23-28-26(33)35-29-23/h3-13H,2,14-15H2,1H3,(H,31,32)(H,28,29,33). The number of aromatic nitrogens is 4. The molecular formula is C26H22N4O4S. The first-order valence-electron chi connectivity index (χ1n) is 11.1. The van der Waals surface area contributed by atoms with E-state index in [4.69, 9.17) is 4.74 Å². The van der Waals surface area contributed by atoms with Crippen LogP contribution >= 0.6 is 11.5 Å². The molecule has 3 aromatic carbocycles. The molecule has 5 aromatic rings. The lowest BCUT2D eigenvalue weighted by Crippen LogP contribution is -2.08. The van der Waals surface area contributed by atoms with Crippen LogP contribution in [-0.2, 0) is 6.54 Å². The summed E-state index contributed by atoms with van der Waals surface area (Å²) in [7, 11) is 0. The molecule has 0 unspecified atom stereocenters. The van der Waals surface area contributed by atoms with Crippen LogP contribution in [-0.4, -0.2) is 36.6 Å². The Bertz CT molecular complexity index is 1570.